The molecular formula is C28H36N2O6. The number of hydrogen-bond acceptors (Lipinski definition) is 7. The molecule has 8 nitrogen and oxygen atoms in total. The van der Waals surface area contributed by atoms with E-state index in [4.69, 9.17) is 18.9 Å². The average molecular weight is 497 g/mol. The van der Waals surface area contributed by atoms with Crippen LogP contribution in [-0.4, -0.2) is 75.3 Å². The normalized spacial score (nSPS) is 21.2. The van der Waals surface area contributed by atoms with Gasteiger partial charge in [-0.25, -0.2) is 0 Å². The number of methoxy groups -OCH3 is 1. The molecule has 36 heavy (non-hydrogen) atoms. The Morgan fingerprint density at radius 1 is 1.03 bits per heavy atom. The summed E-state index contributed by atoms with van der Waals surface area (Å²) in [5, 5.41) is 0. The van der Waals surface area contributed by atoms with Gasteiger partial charge in [0.25, 0.3) is 0 Å². The lowest BCUT2D eigenvalue weighted by molar-refractivity contribution is -0.149. The van der Waals surface area contributed by atoms with Crippen molar-refractivity contribution in [3.8, 4) is 17.2 Å². The zero-order valence-electron chi connectivity index (χ0n) is 21.6. The predicted molar refractivity (Wildman–Crippen MR) is 136 cm³/mol. The number of benzene rings is 2. The van der Waals surface area contributed by atoms with Crippen LogP contribution in [0.4, 0.5) is 0 Å². The third-order valence-electron chi connectivity index (χ3n) is 6.93. The summed E-state index contributed by atoms with van der Waals surface area (Å²) in [6, 6.07) is 13.2. The van der Waals surface area contributed by atoms with E-state index in [0.717, 1.165) is 23.3 Å². The molecule has 0 N–H and O–H groups in total. The van der Waals surface area contributed by atoms with Crippen molar-refractivity contribution in [2.75, 3.05) is 53.6 Å². The van der Waals surface area contributed by atoms with Crippen LogP contribution < -0.4 is 14.2 Å². The number of esters is 1. The Kier molecular flexibility index (Phi) is 8.36. The number of amides is 1. The highest BCUT2D eigenvalue weighted by atomic mass is 16.6. The smallest absolute Gasteiger partial charge is 0.311 e. The summed E-state index contributed by atoms with van der Waals surface area (Å²) in [4.78, 5) is 30.4. The predicted octanol–water partition coefficient (Wildman–Crippen LogP) is 3.65. The van der Waals surface area contributed by atoms with E-state index in [1.165, 1.54) is 0 Å². The number of likely N-dealkylation sites (tertiary alicyclic amines) is 1. The van der Waals surface area contributed by atoms with Gasteiger partial charge in [0.1, 0.15) is 19.0 Å². The molecule has 4 rings (SSSR count). The van der Waals surface area contributed by atoms with E-state index in [9.17, 15) is 9.59 Å². The van der Waals surface area contributed by atoms with Crippen molar-refractivity contribution < 1.29 is 28.5 Å². The molecule has 2 aliphatic heterocycles. The van der Waals surface area contributed by atoms with E-state index in [1.807, 2.05) is 56.4 Å². The fourth-order valence-corrected chi connectivity index (χ4v) is 5.20. The quantitative estimate of drug-likeness (QED) is 0.491. The third kappa shape index (κ3) is 5.43. The number of likely N-dealkylation sites (N-methyl/N-ethyl adjacent to an activating group) is 1. The lowest BCUT2D eigenvalue weighted by Crippen LogP contribution is -2.39. The van der Waals surface area contributed by atoms with Gasteiger partial charge in [-0.3, -0.25) is 14.5 Å². The first kappa shape index (κ1) is 25.8. The molecule has 1 amide bonds. The molecule has 1 saturated heterocycles. The number of hydrogen-bond donors (Lipinski definition) is 0. The summed E-state index contributed by atoms with van der Waals surface area (Å²) in [6.07, 6.45) is 0.884. The lowest BCUT2D eigenvalue weighted by atomic mass is 9.82. The van der Waals surface area contributed by atoms with Crippen LogP contribution in [0.5, 0.6) is 17.2 Å². The van der Waals surface area contributed by atoms with E-state index < -0.39 is 5.92 Å². The van der Waals surface area contributed by atoms with Gasteiger partial charge in [-0.15, -0.1) is 0 Å². The van der Waals surface area contributed by atoms with Crippen molar-refractivity contribution >= 4 is 11.9 Å². The molecule has 2 aromatic rings. The zero-order chi connectivity index (χ0) is 25.7. The van der Waals surface area contributed by atoms with Crippen molar-refractivity contribution in [1.82, 2.24) is 9.80 Å². The van der Waals surface area contributed by atoms with Crippen LogP contribution in [0.3, 0.4) is 0 Å². The Morgan fingerprint density at radius 3 is 2.39 bits per heavy atom. The molecule has 0 aliphatic carbocycles. The fraction of sp³-hybridized carbons (Fsp3) is 0.500. The van der Waals surface area contributed by atoms with Gasteiger partial charge in [0.15, 0.2) is 11.5 Å². The minimum Gasteiger partial charge on any atom is -0.497 e. The molecular weight excluding hydrogens is 460 g/mol. The summed E-state index contributed by atoms with van der Waals surface area (Å²) in [5.74, 6) is 1.20. The van der Waals surface area contributed by atoms with Crippen molar-refractivity contribution in [3.05, 3.63) is 53.6 Å². The van der Waals surface area contributed by atoms with E-state index in [-0.39, 0.29) is 37.0 Å². The summed E-state index contributed by atoms with van der Waals surface area (Å²) in [7, 11) is 3.45. The molecule has 0 saturated carbocycles. The maximum absolute atomic E-state index is 13.5. The van der Waals surface area contributed by atoms with Gasteiger partial charge in [-0.05, 0) is 48.7 Å². The molecule has 194 valence electrons. The molecule has 2 heterocycles. The monoisotopic (exact) mass is 496 g/mol. The minimum atomic E-state index is -0.495. The van der Waals surface area contributed by atoms with Crippen LogP contribution in [0, 0.1) is 5.92 Å². The van der Waals surface area contributed by atoms with Crippen LogP contribution in [0.1, 0.15) is 43.4 Å². The Labute approximate surface area is 213 Å². The highest BCUT2D eigenvalue weighted by Crippen LogP contribution is 2.48. The molecule has 2 aromatic carbocycles. The van der Waals surface area contributed by atoms with E-state index in [2.05, 4.69) is 11.8 Å². The van der Waals surface area contributed by atoms with E-state index >= 15 is 0 Å². The number of carbonyl (C=O) groups is 2. The van der Waals surface area contributed by atoms with Crippen molar-refractivity contribution in [3.63, 3.8) is 0 Å². The second kappa shape index (κ2) is 11.6. The van der Waals surface area contributed by atoms with Gasteiger partial charge in [-0.2, -0.15) is 0 Å². The van der Waals surface area contributed by atoms with Crippen LogP contribution in [-0.2, 0) is 14.3 Å². The second-order valence-electron chi connectivity index (χ2n) is 9.25. The number of carbonyl (C=O) groups excluding carboxylic acids is 2. The number of rotatable bonds is 9. The highest BCUT2D eigenvalue weighted by molar-refractivity contribution is 5.79. The summed E-state index contributed by atoms with van der Waals surface area (Å²) in [5.41, 5.74) is 1.91. The second-order valence-corrected chi connectivity index (χ2v) is 9.25. The highest BCUT2D eigenvalue weighted by Gasteiger charge is 2.48. The van der Waals surface area contributed by atoms with Crippen LogP contribution in [0.2, 0.25) is 0 Å². The Hall–Kier alpha value is -3.26. The topological polar surface area (TPSA) is 77.5 Å². The average Bonchev–Trinajstić information content (AvgIpc) is 3.27. The number of fused-ring (bicyclic) bond motifs is 1. The molecule has 0 aromatic heterocycles. The molecule has 0 spiro atoms. The molecule has 0 radical (unpaired) electrons. The van der Waals surface area contributed by atoms with Gasteiger partial charge < -0.3 is 23.8 Å². The Morgan fingerprint density at radius 2 is 1.72 bits per heavy atom. The fourth-order valence-electron chi connectivity index (χ4n) is 5.20. The zero-order valence-corrected chi connectivity index (χ0v) is 21.6. The van der Waals surface area contributed by atoms with Gasteiger partial charge in [0.2, 0.25) is 5.91 Å². The lowest BCUT2D eigenvalue weighted by Gasteiger charge is -2.29. The summed E-state index contributed by atoms with van der Waals surface area (Å²) in [6.45, 7) is 6.59. The Balaban J connectivity index is 1.74. The first-order valence-electron chi connectivity index (χ1n) is 12.6. The molecule has 8 heteroatoms. The third-order valence-corrected chi connectivity index (χ3v) is 6.93. The maximum Gasteiger partial charge on any atom is 0.311 e. The summed E-state index contributed by atoms with van der Waals surface area (Å²) < 4.78 is 22.5. The van der Waals surface area contributed by atoms with Crippen LogP contribution >= 0.6 is 0 Å². The van der Waals surface area contributed by atoms with E-state index in [0.29, 0.717) is 37.8 Å². The first-order chi connectivity index (χ1) is 17.5. The molecule has 0 bridgehead atoms. The maximum atomic E-state index is 13.5. The van der Waals surface area contributed by atoms with Crippen LogP contribution in [0.25, 0.3) is 0 Å². The number of nitrogens with zero attached hydrogens (tertiary/aromatic N) is 2. The molecule has 3 atom stereocenters. The van der Waals surface area contributed by atoms with Crippen molar-refractivity contribution in [2.24, 2.45) is 5.92 Å². The van der Waals surface area contributed by atoms with Crippen molar-refractivity contribution in [2.45, 2.75) is 32.2 Å². The Bertz CT molecular complexity index is 1060. The largest absolute Gasteiger partial charge is 0.497 e. The minimum absolute atomic E-state index is 0.0285. The number of ether oxygens (including phenoxy) is 4. The van der Waals surface area contributed by atoms with E-state index in [1.54, 1.807) is 12.0 Å². The van der Waals surface area contributed by atoms with Crippen LogP contribution in [0.15, 0.2) is 42.5 Å². The van der Waals surface area contributed by atoms with Gasteiger partial charge in [-0.1, -0.05) is 25.1 Å². The van der Waals surface area contributed by atoms with Gasteiger partial charge >= 0.3 is 5.97 Å². The molecule has 0 unspecified atom stereocenters. The van der Waals surface area contributed by atoms with Gasteiger partial charge in [0, 0.05) is 32.1 Å². The summed E-state index contributed by atoms with van der Waals surface area (Å²) >= 11 is 0. The first-order valence-corrected chi connectivity index (χ1v) is 12.6. The van der Waals surface area contributed by atoms with Crippen molar-refractivity contribution in [1.29, 1.82) is 0 Å². The SMILES string of the molecule is CCCN(C)C(=O)CN1C[C@H](c2ccc3c(c2)OCCO3)[C@@H](C(=O)OCC)[C@@H]1c1ccc(OC)cc1. The molecule has 2 aliphatic rings. The molecule has 1 fully saturated rings. The standard InChI is InChI=1S/C28H36N2O6/c1-5-13-29(3)25(31)18-30-17-22(20-9-12-23-24(16-20)36-15-14-35-23)26(28(32)34-6-2)27(30)19-7-10-21(33-4)11-8-19/h7-12,16,22,26-27H,5-6,13-15,17-18H2,1-4H3/t22-,26-,27+/m1/s1. The van der Waals surface area contributed by atoms with Gasteiger partial charge in [0.05, 0.1) is 26.2 Å².